The van der Waals surface area contributed by atoms with E-state index in [4.69, 9.17) is 5.73 Å². The van der Waals surface area contributed by atoms with E-state index in [9.17, 15) is 14.9 Å². The van der Waals surface area contributed by atoms with Crippen molar-refractivity contribution in [3.63, 3.8) is 0 Å². The molecule has 2 aliphatic carbocycles. The largest absolute Gasteiger partial charge is 0.349 e. The third kappa shape index (κ3) is 3.22. The molecule has 0 heterocycles. The molecule has 6 heteroatoms. The number of rotatable bonds is 3. The van der Waals surface area contributed by atoms with E-state index >= 15 is 0 Å². The highest BCUT2D eigenvalue weighted by Crippen LogP contribution is 2.39. The quantitative estimate of drug-likeness (QED) is 0.661. The highest BCUT2D eigenvalue weighted by Gasteiger charge is 2.40. The smallest absolute Gasteiger partial charge is 0.269 e. The van der Waals surface area contributed by atoms with E-state index < -0.39 is 4.92 Å². The summed E-state index contributed by atoms with van der Waals surface area (Å²) in [5.74, 6) is 0.786. The average molecular weight is 317 g/mol. The Kier molecular flexibility index (Phi) is 4.35. The molecule has 1 aromatic rings. The molecular weight excluding hydrogens is 294 g/mol. The van der Waals surface area contributed by atoms with E-state index in [1.807, 2.05) is 0 Å². The molecule has 23 heavy (non-hydrogen) atoms. The van der Waals surface area contributed by atoms with E-state index in [2.05, 4.69) is 5.32 Å². The number of nitrogens with two attached hydrogens (primary N) is 1. The number of benzene rings is 1. The molecule has 6 nitrogen and oxygen atoms in total. The van der Waals surface area contributed by atoms with Crippen molar-refractivity contribution < 1.29 is 9.72 Å². The van der Waals surface area contributed by atoms with Crippen LogP contribution in [0.2, 0.25) is 0 Å². The molecule has 0 spiro atoms. The van der Waals surface area contributed by atoms with Crippen molar-refractivity contribution in [2.45, 2.75) is 51.1 Å². The molecule has 1 aromatic carbocycles. The minimum atomic E-state index is -0.443. The number of carbonyl (C=O) groups is 1. The third-order valence-electron chi connectivity index (χ3n) is 5.34. The molecule has 2 aliphatic rings. The number of fused-ring (bicyclic) bond motifs is 2. The molecule has 2 unspecified atom stereocenters. The highest BCUT2D eigenvalue weighted by molar-refractivity contribution is 5.96. The summed E-state index contributed by atoms with van der Waals surface area (Å²) in [5.41, 5.74) is 7.29. The predicted molar refractivity (Wildman–Crippen MR) is 87.1 cm³/mol. The van der Waals surface area contributed by atoms with Crippen LogP contribution in [0.4, 0.5) is 5.69 Å². The van der Waals surface area contributed by atoms with Gasteiger partial charge in [0, 0.05) is 29.8 Å². The Morgan fingerprint density at radius 2 is 1.96 bits per heavy atom. The molecule has 2 saturated carbocycles. The zero-order valence-electron chi connectivity index (χ0n) is 13.3. The Morgan fingerprint density at radius 1 is 1.30 bits per heavy atom. The maximum Gasteiger partial charge on any atom is 0.269 e. The number of nitrogens with one attached hydrogen (secondary N) is 1. The number of non-ortho nitro benzene ring substituents is 1. The molecule has 124 valence electrons. The zero-order valence-corrected chi connectivity index (χ0v) is 13.3. The van der Waals surface area contributed by atoms with Crippen LogP contribution in [0.1, 0.15) is 48.0 Å². The fraction of sp³-hybridized carbons (Fsp3) is 0.588. The molecular formula is C17H23N3O3. The molecule has 2 bridgehead atoms. The standard InChI is InChI=1S/C17H23N3O3/c1-10-7-14(20(22)23)5-6-15(10)17(21)19-16-11-3-2-4-12(16)9-13(18)8-11/h5-7,11-13,16H,2-4,8-9,18H2,1H3,(H,19,21). The summed E-state index contributed by atoms with van der Waals surface area (Å²) in [6.07, 6.45) is 5.40. The van der Waals surface area contributed by atoms with E-state index in [1.165, 1.54) is 18.6 Å². The van der Waals surface area contributed by atoms with Gasteiger partial charge in [0.25, 0.3) is 11.6 Å². The van der Waals surface area contributed by atoms with Crippen molar-refractivity contribution in [2.24, 2.45) is 17.6 Å². The summed E-state index contributed by atoms with van der Waals surface area (Å²) in [5, 5.41) is 14.0. The molecule has 0 aromatic heterocycles. The minimum Gasteiger partial charge on any atom is -0.349 e. The van der Waals surface area contributed by atoms with Crippen LogP contribution in [0.3, 0.4) is 0 Å². The minimum absolute atomic E-state index is 0.0135. The number of amides is 1. The lowest BCUT2D eigenvalue weighted by atomic mass is 9.67. The number of nitro groups is 1. The molecule has 0 radical (unpaired) electrons. The topological polar surface area (TPSA) is 98.3 Å². The van der Waals surface area contributed by atoms with Gasteiger partial charge in [0.15, 0.2) is 0 Å². The fourth-order valence-corrected chi connectivity index (χ4v) is 4.27. The first-order valence-corrected chi connectivity index (χ1v) is 8.27. The van der Waals surface area contributed by atoms with Crippen LogP contribution in [-0.2, 0) is 0 Å². The van der Waals surface area contributed by atoms with Gasteiger partial charge in [-0.1, -0.05) is 6.42 Å². The molecule has 0 aliphatic heterocycles. The first kappa shape index (κ1) is 15.9. The molecule has 0 saturated heterocycles. The summed E-state index contributed by atoms with van der Waals surface area (Å²) < 4.78 is 0. The van der Waals surface area contributed by atoms with Gasteiger partial charge >= 0.3 is 0 Å². The lowest BCUT2D eigenvalue weighted by Gasteiger charge is -2.45. The molecule has 2 fully saturated rings. The highest BCUT2D eigenvalue weighted by atomic mass is 16.6. The van der Waals surface area contributed by atoms with Gasteiger partial charge in [0.1, 0.15) is 0 Å². The normalized spacial score (nSPS) is 29.8. The van der Waals surface area contributed by atoms with Gasteiger partial charge in [0.05, 0.1) is 4.92 Å². The van der Waals surface area contributed by atoms with Crippen LogP contribution in [-0.4, -0.2) is 22.9 Å². The fourth-order valence-electron chi connectivity index (χ4n) is 4.27. The molecule has 3 N–H and O–H groups in total. The summed E-state index contributed by atoms with van der Waals surface area (Å²) in [6, 6.07) is 4.82. The number of aryl methyl sites for hydroxylation is 1. The molecule has 2 atom stereocenters. The van der Waals surface area contributed by atoms with Crippen LogP contribution < -0.4 is 11.1 Å². The monoisotopic (exact) mass is 317 g/mol. The van der Waals surface area contributed by atoms with Gasteiger partial charge in [-0.05, 0) is 56.1 Å². The van der Waals surface area contributed by atoms with Gasteiger partial charge in [-0.25, -0.2) is 0 Å². The van der Waals surface area contributed by atoms with E-state index in [1.54, 1.807) is 13.0 Å². The lowest BCUT2D eigenvalue weighted by Crippen LogP contribution is -2.53. The van der Waals surface area contributed by atoms with Crippen molar-refractivity contribution in [1.29, 1.82) is 0 Å². The summed E-state index contributed by atoms with van der Waals surface area (Å²) in [7, 11) is 0. The van der Waals surface area contributed by atoms with Gasteiger partial charge in [-0.2, -0.15) is 0 Å². The lowest BCUT2D eigenvalue weighted by molar-refractivity contribution is -0.384. The Bertz CT molecular complexity index is 618. The molecule has 3 rings (SSSR count). The Labute approximate surface area is 135 Å². The number of nitrogens with zero attached hydrogens (tertiary/aromatic N) is 1. The zero-order chi connectivity index (χ0) is 16.6. The van der Waals surface area contributed by atoms with E-state index in [-0.39, 0.29) is 23.7 Å². The number of hydrogen-bond acceptors (Lipinski definition) is 4. The second-order valence-corrected chi connectivity index (χ2v) is 6.94. The van der Waals surface area contributed by atoms with Crippen LogP contribution in [0.25, 0.3) is 0 Å². The SMILES string of the molecule is Cc1cc([N+](=O)[O-])ccc1C(=O)NC1C2CCCC1CC(N)C2. The van der Waals surface area contributed by atoms with Crippen LogP contribution in [0, 0.1) is 28.9 Å². The average Bonchev–Trinajstić information content (AvgIpc) is 2.47. The number of nitro benzene ring substituents is 1. The number of carbonyl (C=O) groups excluding carboxylic acids is 1. The first-order valence-electron chi connectivity index (χ1n) is 8.27. The van der Waals surface area contributed by atoms with Crippen LogP contribution in [0.15, 0.2) is 18.2 Å². The second-order valence-electron chi connectivity index (χ2n) is 6.94. The maximum absolute atomic E-state index is 12.6. The van der Waals surface area contributed by atoms with Crippen molar-refractivity contribution in [3.05, 3.63) is 39.4 Å². The Morgan fingerprint density at radius 3 is 2.52 bits per heavy atom. The second kappa shape index (κ2) is 6.28. The first-order chi connectivity index (χ1) is 11.0. The van der Waals surface area contributed by atoms with Crippen molar-refractivity contribution in [3.8, 4) is 0 Å². The van der Waals surface area contributed by atoms with Gasteiger partial charge < -0.3 is 11.1 Å². The van der Waals surface area contributed by atoms with Gasteiger partial charge in [0.2, 0.25) is 0 Å². The molecule has 1 amide bonds. The third-order valence-corrected chi connectivity index (χ3v) is 5.34. The maximum atomic E-state index is 12.6. The van der Waals surface area contributed by atoms with E-state index in [0.717, 1.165) is 25.7 Å². The van der Waals surface area contributed by atoms with Crippen LogP contribution >= 0.6 is 0 Å². The van der Waals surface area contributed by atoms with Gasteiger partial charge in [-0.15, -0.1) is 0 Å². The Balaban J connectivity index is 1.75. The Hall–Kier alpha value is -1.95. The number of hydrogen-bond donors (Lipinski definition) is 2. The van der Waals surface area contributed by atoms with Crippen molar-refractivity contribution in [2.75, 3.05) is 0 Å². The van der Waals surface area contributed by atoms with Gasteiger partial charge in [-0.3, -0.25) is 14.9 Å². The van der Waals surface area contributed by atoms with Crippen LogP contribution in [0.5, 0.6) is 0 Å². The summed E-state index contributed by atoms with van der Waals surface area (Å²) in [6.45, 7) is 1.74. The van der Waals surface area contributed by atoms with Crippen molar-refractivity contribution >= 4 is 11.6 Å². The predicted octanol–water partition coefficient (Wildman–Crippen LogP) is 2.54. The van der Waals surface area contributed by atoms with Crippen molar-refractivity contribution in [1.82, 2.24) is 5.32 Å². The summed E-state index contributed by atoms with van der Waals surface area (Å²) >= 11 is 0. The van der Waals surface area contributed by atoms with E-state index in [0.29, 0.717) is 23.0 Å². The summed E-state index contributed by atoms with van der Waals surface area (Å²) in [4.78, 5) is 23.0.